The van der Waals surface area contributed by atoms with Gasteiger partial charge in [0.15, 0.2) is 0 Å². The van der Waals surface area contributed by atoms with E-state index in [9.17, 15) is 0 Å². The van der Waals surface area contributed by atoms with Crippen molar-refractivity contribution in [3.05, 3.63) is 12.4 Å². The molecule has 0 aliphatic rings. The summed E-state index contributed by atoms with van der Waals surface area (Å²) in [5, 5.41) is 7.66. The van der Waals surface area contributed by atoms with E-state index in [0.29, 0.717) is 6.54 Å². The third-order valence-electron chi connectivity index (χ3n) is 1.80. The highest BCUT2D eigenvalue weighted by atomic mass is 15.4. The fraction of sp³-hybridized carbons (Fsp3) is 0.714. The average molecular weight is 154 g/mol. The minimum atomic E-state index is -0.00868. The van der Waals surface area contributed by atoms with Crippen LogP contribution in [0.3, 0.4) is 0 Å². The summed E-state index contributed by atoms with van der Waals surface area (Å²) in [5.41, 5.74) is 5.45. The van der Waals surface area contributed by atoms with Gasteiger partial charge in [-0.3, -0.25) is 0 Å². The Balaban J connectivity index is 2.73. The Morgan fingerprint density at radius 3 is 2.73 bits per heavy atom. The second-order valence-corrected chi connectivity index (χ2v) is 3.20. The number of rotatable bonds is 3. The summed E-state index contributed by atoms with van der Waals surface area (Å²) in [6.07, 6.45) is 4.45. The van der Waals surface area contributed by atoms with Gasteiger partial charge in [-0.05, 0) is 26.8 Å². The van der Waals surface area contributed by atoms with E-state index in [0.717, 1.165) is 6.42 Å². The van der Waals surface area contributed by atoms with Crippen LogP contribution in [0, 0.1) is 0 Å². The number of aromatic nitrogens is 3. The Morgan fingerprint density at radius 1 is 1.55 bits per heavy atom. The fourth-order valence-corrected chi connectivity index (χ4v) is 0.999. The smallest absolute Gasteiger partial charge is 0.0693 e. The molecule has 0 saturated heterocycles. The summed E-state index contributed by atoms with van der Waals surface area (Å²) < 4.78 is 1.83. The average Bonchev–Trinajstić information content (AvgIpc) is 2.37. The zero-order chi connectivity index (χ0) is 8.32. The van der Waals surface area contributed by atoms with E-state index in [2.05, 4.69) is 24.2 Å². The van der Waals surface area contributed by atoms with Crippen molar-refractivity contribution in [2.24, 2.45) is 5.73 Å². The minimum Gasteiger partial charge on any atom is -0.330 e. The number of hydrogen-bond donors (Lipinski definition) is 1. The molecule has 4 nitrogen and oxygen atoms in total. The molecule has 0 bridgehead atoms. The van der Waals surface area contributed by atoms with Gasteiger partial charge in [0, 0.05) is 6.20 Å². The van der Waals surface area contributed by atoms with Crippen LogP contribution in [-0.2, 0) is 5.54 Å². The van der Waals surface area contributed by atoms with Crippen molar-refractivity contribution in [3.63, 3.8) is 0 Å². The van der Waals surface area contributed by atoms with Crippen LogP contribution in [0.1, 0.15) is 20.3 Å². The second kappa shape index (κ2) is 3.00. The molecule has 0 unspecified atom stereocenters. The van der Waals surface area contributed by atoms with Gasteiger partial charge in [-0.1, -0.05) is 5.21 Å². The molecule has 0 aliphatic carbocycles. The van der Waals surface area contributed by atoms with Gasteiger partial charge in [0.05, 0.1) is 11.7 Å². The maximum absolute atomic E-state index is 5.46. The monoisotopic (exact) mass is 154 g/mol. The fourth-order valence-electron chi connectivity index (χ4n) is 0.999. The highest BCUT2D eigenvalue weighted by molar-refractivity contribution is 4.79. The SMILES string of the molecule is CC(C)(CCN)n1ccnn1. The molecule has 0 spiro atoms. The molecule has 0 atom stereocenters. The Bertz CT molecular complexity index is 202. The van der Waals surface area contributed by atoms with E-state index in [-0.39, 0.29) is 5.54 Å². The first-order valence-corrected chi connectivity index (χ1v) is 3.74. The quantitative estimate of drug-likeness (QED) is 0.684. The van der Waals surface area contributed by atoms with Crippen LogP contribution in [0.5, 0.6) is 0 Å². The van der Waals surface area contributed by atoms with Crippen molar-refractivity contribution in [1.29, 1.82) is 0 Å². The zero-order valence-corrected chi connectivity index (χ0v) is 6.99. The summed E-state index contributed by atoms with van der Waals surface area (Å²) in [6, 6.07) is 0. The lowest BCUT2D eigenvalue weighted by Crippen LogP contribution is -2.29. The van der Waals surface area contributed by atoms with Crippen molar-refractivity contribution in [2.45, 2.75) is 25.8 Å². The predicted molar refractivity (Wildman–Crippen MR) is 43.0 cm³/mol. The lowest BCUT2D eigenvalue weighted by molar-refractivity contribution is 0.293. The van der Waals surface area contributed by atoms with E-state index >= 15 is 0 Å². The maximum atomic E-state index is 5.46. The number of hydrogen-bond acceptors (Lipinski definition) is 3. The van der Waals surface area contributed by atoms with Crippen molar-refractivity contribution in [2.75, 3.05) is 6.54 Å². The van der Waals surface area contributed by atoms with E-state index in [1.165, 1.54) is 0 Å². The van der Waals surface area contributed by atoms with Crippen LogP contribution in [0.2, 0.25) is 0 Å². The normalized spacial score (nSPS) is 11.9. The van der Waals surface area contributed by atoms with Crippen LogP contribution in [0.15, 0.2) is 12.4 Å². The summed E-state index contributed by atoms with van der Waals surface area (Å²) in [6.45, 7) is 4.86. The molecule has 0 amide bonds. The minimum absolute atomic E-state index is 0.00868. The van der Waals surface area contributed by atoms with Crippen LogP contribution >= 0.6 is 0 Å². The van der Waals surface area contributed by atoms with Crippen molar-refractivity contribution in [1.82, 2.24) is 15.0 Å². The molecule has 0 radical (unpaired) electrons. The first kappa shape index (κ1) is 8.20. The lowest BCUT2D eigenvalue weighted by Gasteiger charge is -2.23. The van der Waals surface area contributed by atoms with Gasteiger partial charge in [0.25, 0.3) is 0 Å². The van der Waals surface area contributed by atoms with Crippen LogP contribution in [-0.4, -0.2) is 21.5 Å². The summed E-state index contributed by atoms with van der Waals surface area (Å²) in [4.78, 5) is 0. The molecule has 1 rings (SSSR count). The molecular formula is C7H14N4. The van der Waals surface area contributed by atoms with Gasteiger partial charge < -0.3 is 5.73 Å². The van der Waals surface area contributed by atoms with Gasteiger partial charge in [0.2, 0.25) is 0 Å². The van der Waals surface area contributed by atoms with Gasteiger partial charge in [-0.15, -0.1) is 5.10 Å². The largest absolute Gasteiger partial charge is 0.330 e. The Hall–Kier alpha value is -0.900. The van der Waals surface area contributed by atoms with Gasteiger partial charge in [-0.2, -0.15) is 0 Å². The topological polar surface area (TPSA) is 56.7 Å². The van der Waals surface area contributed by atoms with E-state index in [1.807, 2.05) is 10.9 Å². The van der Waals surface area contributed by atoms with E-state index in [1.54, 1.807) is 6.20 Å². The Kier molecular flexibility index (Phi) is 2.24. The van der Waals surface area contributed by atoms with Crippen molar-refractivity contribution < 1.29 is 0 Å². The molecule has 0 aliphatic heterocycles. The first-order chi connectivity index (χ1) is 5.17. The molecule has 0 fully saturated rings. The Labute approximate surface area is 66.4 Å². The predicted octanol–water partition coefficient (Wildman–Crippen LogP) is 0.362. The molecule has 1 aromatic rings. The Morgan fingerprint density at radius 2 is 2.27 bits per heavy atom. The molecule has 0 saturated carbocycles. The number of nitrogens with two attached hydrogens (primary N) is 1. The van der Waals surface area contributed by atoms with Crippen LogP contribution in [0.25, 0.3) is 0 Å². The lowest BCUT2D eigenvalue weighted by atomic mass is 10.0. The molecule has 1 aromatic heterocycles. The molecule has 0 aromatic carbocycles. The van der Waals surface area contributed by atoms with Gasteiger partial charge in [0.1, 0.15) is 0 Å². The maximum Gasteiger partial charge on any atom is 0.0693 e. The molecular weight excluding hydrogens is 140 g/mol. The molecule has 4 heteroatoms. The third-order valence-corrected chi connectivity index (χ3v) is 1.80. The first-order valence-electron chi connectivity index (χ1n) is 3.74. The summed E-state index contributed by atoms with van der Waals surface area (Å²) in [7, 11) is 0. The highest BCUT2D eigenvalue weighted by Crippen LogP contribution is 2.15. The molecule has 1 heterocycles. The summed E-state index contributed by atoms with van der Waals surface area (Å²) >= 11 is 0. The number of nitrogens with zero attached hydrogens (tertiary/aromatic N) is 3. The molecule has 11 heavy (non-hydrogen) atoms. The van der Waals surface area contributed by atoms with E-state index < -0.39 is 0 Å². The zero-order valence-electron chi connectivity index (χ0n) is 6.99. The summed E-state index contributed by atoms with van der Waals surface area (Å²) in [5.74, 6) is 0. The second-order valence-electron chi connectivity index (χ2n) is 3.20. The standard InChI is InChI=1S/C7H14N4/c1-7(2,3-4-8)11-6-5-9-10-11/h5-6H,3-4,8H2,1-2H3. The van der Waals surface area contributed by atoms with Gasteiger partial charge in [-0.25, -0.2) is 4.68 Å². The van der Waals surface area contributed by atoms with Crippen LogP contribution < -0.4 is 5.73 Å². The van der Waals surface area contributed by atoms with Gasteiger partial charge >= 0.3 is 0 Å². The molecule has 2 N–H and O–H groups in total. The highest BCUT2D eigenvalue weighted by Gasteiger charge is 2.18. The third kappa shape index (κ3) is 1.77. The van der Waals surface area contributed by atoms with Crippen molar-refractivity contribution >= 4 is 0 Å². The van der Waals surface area contributed by atoms with Crippen molar-refractivity contribution in [3.8, 4) is 0 Å². The van der Waals surface area contributed by atoms with E-state index in [4.69, 9.17) is 5.73 Å². The molecule has 62 valence electrons. The van der Waals surface area contributed by atoms with Crippen LogP contribution in [0.4, 0.5) is 0 Å².